The van der Waals surface area contributed by atoms with E-state index in [0.717, 1.165) is 43.1 Å². The van der Waals surface area contributed by atoms with Gasteiger partial charge in [-0.25, -0.2) is 9.87 Å². The van der Waals surface area contributed by atoms with E-state index in [0.29, 0.717) is 28.7 Å². The number of aryl methyl sites for hydroxylation is 1. The number of nitrogens with zero attached hydrogens (tertiary/aromatic N) is 4. The molecule has 2 aliphatic heterocycles. The number of carbonyl (C=O) groups excluding carboxylic acids is 2. The smallest absolute Gasteiger partial charge is 0.275 e. The molecule has 0 bridgehead atoms. The molecule has 0 unspecified atom stereocenters. The summed E-state index contributed by atoms with van der Waals surface area (Å²) in [6.45, 7) is 5.90. The monoisotopic (exact) mass is 510 g/mol. The highest BCUT2D eigenvalue weighted by molar-refractivity contribution is 7.14. The van der Waals surface area contributed by atoms with E-state index in [-0.39, 0.29) is 30.7 Å². The highest BCUT2D eigenvalue weighted by Gasteiger charge is 2.31. The fraction of sp³-hybridized carbons (Fsp3) is 0.333. The summed E-state index contributed by atoms with van der Waals surface area (Å²) in [7, 11) is 0. The van der Waals surface area contributed by atoms with Crippen LogP contribution in [0.25, 0.3) is 0 Å². The predicted octanol–water partition coefficient (Wildman–Crippen LogP) is 2.54. The summed E-state index contributed by atoms with van der Waals surface area (Å²) in [5.74, 6) is -0.0587. The Morgan fingerprint density at radius 2 is 2.08 bits per heavy atom. The van der Waals surface area contributed by atoms with Gasteiger partial charge in [-0.05, 0) is 30.7 Å². The maximum absolute atomic E-state index is 13.1. The molecule has 12 heteroatoms. The van der Waals surface area contributed by atoms with E-state index in [9.17, 15) is 9.59 Å². The van der Waals surface area contributed by atoms with Crippen molar-refractivity contribution in [1.82, 2.24) is 15.3 Å². The molecule has 2 aliphatic rings. The summed E-state index contributed by atoms with van der Waals surface area (Å²) in [6.07, 6.45) is 1.67. The largest absolute Gasteiger partial charge is 0.491 e. The number of benzene rings is 1. The summed E-state index contributed by atoms with van der Waals surface area (Å²) >= 11 is 1.24. The van der Waals surface area contributed by atoms with E-state index in [2.05, 4.69) is 30.4 Å². The van der Waals surface area contributed by atoms with Crippen LogP contribution >= 0.6 is 11.3 Å². The molecule has 1 saturated heterocycles. The van der Waals surface area contributed by atoms with Crippen LogP contribution in [0.4, 0.5) is 16.5 Å². The molecule has 0 aliphatic carbocycles. The van der Waals surface area contributed by atoms with Gasteiger partial charge in [0.1, 0.15) is 24.7 Å². The lowest BCUT2D eigenvalue weighted by Crippen LogP contribution is -2.43. The van der Waals surface area contributed by atoms with Crippen LogP contribution in [-0.2, 0) is 11.4 Å². The Morgan fingerprint density at radius 1 is 1.25 bits per heavy atom. The first-order chi connectivity index (χ1) is 17.5. The molecule has 0 spiro atoms. The van der Waals surface area contributed by atoms with Gasteiger partial charge in [0.25, 0.3) is 11.8 Å². The van der Waals surface area contributed by atoms with Crippen LogP contribution in [0.1, 0.15) is 32.1 Å². The van der Waals surface area contributed by atoms with Crippen LogP contribution in [0.5, 0.6) is 5.75 Å². The number of nitrogens with one attached hydrogen (secondary N) is 2. The number of amides is 2. The van der Waals surface area contributed by atoms with Crippen molar-refractivity contribution in [3.05, 3.63) is 58.4 Å². The maximum Gasteiger partial charge on any atom is 0.275 e. The predicted molar refractivity (Wildman–Crippen MR) is 135 cm³/mol. The van der Waals surface area contributed by atoms with E-state index in [1.54, 1.807) is 28.6 Å². The third-order valence-corrected chi connectivity index (χ3v) is 6.87. The molecule has 5 rings (SSSR count). The van der Waals surface area contributed by atoms with E-state index < -0.39 is 0 Å². The molecule has 188 valence electrons. The SMILES string of the molecule is Cc1cc(N2CCNCC2)c(NC(=O)c2csc(N3Cc4ccc(OCCOO)cc4C3=O)n2)cn1. The molecule has 3 N–H and O–H groups in total. The lowest BCUT2D eigenvalue weighted by atomic mass is 10.1. The average Bonchev–Trinajstić information content (AvgIpc) is 3.51. The summed E-state index contributed by atoms with van der Waals surface area (Å²) in [5.41, 5.74) is 4.04. The highest BCUT2D eigenvalue weighted by Crippen LogP contribution is 2.33. The van der Waals surface area contributed by atoms with Crippen molar-refractivity contribution in [3.8, 4) is 5.75 Å². The zero-order valence-corrected chi connectivity index (χ0v) is 20.5. The fourth-order valence-electron chi connectivity index (χ4n) is 4.21. The molecule has 0 atom stereocenters. The molecule has 1 fully saturated rings. The van der Waals surface area contributed by atoms with Gasteiger partial charge < -0.3 is 20.3 Å². The molecule has 0 radical (unpaired) electrons. The van der Waals surface area contributed by atoms with Crippen molar-refractivity contribution < 1.29 is 24.5 Å². The maximum atomic E-state index is 13.1. The Morgan fingerprint density at radius 3 is 2.89 bits per heavy atom. The number of thiazole rings is 1. The zero-order valence-electron chi connectivity index (χ0n) is 19.7. The Bertz CT molecular complexity index is 1280. The van der Waals surface area contributed by atoms with Crippen LogP contribution in [0, 0.1) is 6.92 Å². The van der Waals surface area contributed by atoms with Gasteiger partial charge in [0.2, 0.25) is 0 Å². The number of ether oxygens (including phenoxy) is 1. The van der Waals surface area contributed by atoms with Crippen LogP contribution in [0.15, 0.2) is 35.8 Å². The van der Waals surface area contributed by atoms with E-state index in [1.807, 2.05) is 19.1 Å². The summed E-state index contributed by atoms with van der Waals surface area (Å²) in [4.78, 5) is 42.7. The number of piperazine rings is 1. The average molecular weight is 511 g/mol. The van der Waals surface area contributed by atoms with E-state index in [1.165, 1.54) is 11.3 Å². The topological polar surface area (TPSA) is 129 Å². The first-order valence-electron chi connectivity index (χ1n) is 11.6. The minimum Gasteiger partial charge on any atom is -0.491 e. The molecule has 4 heterocycles. The Balaban J connectivity index is 1.29. The van der Waals surface area contributed by atoms with Crippen molar-refractivity contribution in [2.24, 2.45) is 0 Å². The quantitative estimate of drug-likeness (QED) is 0.238. The Kier molecular flexibility index (Phi) is 7.09. The number of hydrogen-bond donors (Lipinski definition) is 3. The molecule has 0 saturated carbocycles. The van der Waals surface area contributed by atoms with Crippen LogP contribution in [-0.4, -0.2) is 66.4 Å². The van der Waals surface area contributed by atoms with Crippen molar-refractivity contribution in [1.29, 1.82) is 0 Å². The van der Waals surface area contributed by atoms with Gasteiger partial charge in [-0.15, -0.1) is 11.3 Å². The van der Waals surface area contributed by atoms with Crippen molar-refractivity contribution in [3.63, 3.8) is 0 Å². The number of pyridine rings is 1. The van der Waals surface area contributed by atoms with E-state index >= 15 is 0 Å². The number of aromatic nitrogens is 2. The lowest BCUT2D eigenvalue weighted by Gasteiger charge is -2.31. The van der Waals surface area contributed by atoms with Crippen LogP contribution < -0.4 is 25.2 Å². The Hall–Kier alpha value is -3.58. The molecule has 2 aromatic heterocycles. The number of anilines is 3. The highest BCUT2D eigenvalue weighted by atomic mass is 32.1. The van der Waals surface area contributed by atoms with Crippen LogP contribution in [0.3, 0.4) is 0 Å². The summed E-state index contributed by atoms with van der Waals surface area (Å²) in [6, 6.07) is 7.23. The third kappa shape index (κ3) is 5.02. The molecular weight excluding hydrogens is 484 g/mol. The first-order valence-corrected chi connectivity index (χ1v) is 12.4. The minimum absolute atomic E-state index is 0.0243. The van der Waals surface area contributed by atoms with Crippen LogP contribution in [0.2, 0.25) is 0 Å². The van der Waals surface area contributed by atoms with Gasteiger partial charge in [-0.1, -0.05) is 6.07 Å². The second-order valence-corrected chi connectivity index (χ2v) is 9.28. The van der Waals surface area contributed by atoms with Crippen molar-refractivity contribution in [2.75, 3.05) is 54.5 Å². The molecule has 3 aromatic rings. The molecule has 1 aromatic carbocycles. The van der Waals surface area contributed by atoms with Crippen molar-refractivity contribution >= 4 is 39.7 Å². The van der Waals surface area contributed by atoms with Crippen molar-refractivity contribution in [2.45, 2.75) is 13.5 Å². The molecule has 36 heavy (non-hydrogen) atoms. The molecule has 11 nitrogen and oxygen atoms in total. The lowest BCUT2D eigenvalue weighted by molar-refractivity contribution is -0.245. The first kappa shape index (κ1) is 24.1. The number of carbonyl (C=O) groups is 2. The van der Waals surface area contributed by atoms with Gasteiger partial charge in [-0.2, -0.15) is 0 Å². The van der Waals surface area contributed by atoms with Gasteiger partial charge in [0, 0.05) is 42.8 Å². The fourth-order valence-corrected chi connectivity index (χ4v) is 5.01. The minimum atomic E-state index is -0.356. The van der Waals surface area contributed by atoms with Gasteiger partial charge in [0.05, 0.1) is 24.1 Å². The molecular formula is C24H26N6O5S. The standard InChI is InChI=1S/C24H26N6O5S/c1-15-10-21(29-6-4-25-5-7-29)19(12-26-15)27-22(31)20-14-36-24(28-20)30-13-16-2-3-17(34-8-9-35-33)11-18(16)23(30)32/h2-3,10-12,14,25,33H,4-9,13H2,1H3,(H,27,31). The number of rotatable bonds is 8. The summed E-state index contributed by atoms with van der Waals surface area (Å²) in [5, 5.41) is 16.8. The van der Waals surface area contributed by atoms with Gasteiger partial charge in [0.15, 0.2) is 5.13 Å². The second kappa shape index (κ2) is 10.6. The van der Waals surface area contributed by atoms with E-state index in [4.69, 9.17) is 9.99 Å². The van der Waals surface area contributed by atoms with Gasteiger partial charge in [-0.3, -0.25) is 24.7 Å². The van der Waals surface area contributed by atoms with Gasteiger partial charge >= 0.3 is 0 Å². The second-order valence-electron chi connectivity index (χ2n) is 8.44. The summed E-state index contributed by atoms with van der Waals surface area (Å²) < 4.78 is 5.48. The zero-order chi connectivity index (χ0) is 25.1. The number of hydrogen-bond acceptors (Lipinski definition) is 10. The number of fused-ring (bicyclic) bond motifs is 1. The third-order valence-electron chi connectivity index (χ3n) is 6.01. The normalized spacial score (nSPS) is 15.2. The molecule has 2 amide bonds. The Labute approximate surface area is 211 Å².